The van der Waals surface area contributed by atoms with Gasteiger partial charge in [0, 0.05) is 28.1 Å². The molecule has 0 atom stereocenters. The number of ether oxygens (including phenoxy) is 1. The van der Waals surface area contributed by atoms with E-state index in [9.17, 15) is 9.59 Å². The van der Waals surface area contributed by atoms with Crippen LogP contribution < -0.4 is 4.74 Å². The first-order chi connectivity index (χ1) is 19.9. The minimum Gasteiger partial charge on any atom is -0.497 e. The maximum Gasteiger partial charge on any atom is 0.276 e. The van der Waals surface area contributed by atoms with Crippen molar-refractivity contribution in [2.45, 2.75) is 51.5 Å². The number of rotatable bonds is 6. The molecule has 0 unspecified atom stereocenters. The summed E-state index contributed by atoms with van der Waals surface area (Å²) in [5, 5.41) is 8.16. The zero-order valence-corrected chi connectivity index (χ0v) is 24.0. The molecule has 0 spiro atoms. The average Bonchev–Trinajstić information content (AvgIpc) is 3.46. The molecule has 2 heterocycles. The number of fused-ring (bicyclic) bond motifs is 1. The molecule has 2 aliphatic rings. The van der Waals surface area contributed by atoms with E-state index in [2.05, 4.69) is 0 Å². The standard InChI is InChI=1S/C34H32ClN3O3/c1-22-28(29-20-27(41-2)17-18-32(29)37(22)33(39)24-13-15-25(35)16-14-24)21-31-30(19-23-9-5-3-6-10-23)34(40)38(36-31)26-11-7-4-8-12-26/h3,5-6,9-10,13-20,26H,4,7-8,11-12,21H2,1-2H3. The van der Waals surface area contributed by atoms with E-state index >= 15 is 0 Å². The highest BCUT2D eigenvalue weighted by Crippen LogP contribution is 2.34. The van der Waals surface area contributed by atoms with E-state index in [0.717, 1.165) is 53.4 Å². The molecule has 41 heavy (non-hydrogen) atoms. The molecule has 1 saturated carbocycles. The van der Waals surface area contributed by atoms with Crippen LogP contribution in [0, 0.1) is 6.92 Å². The van der Waals surface area contributed by atoms with E-state index in [4.69, 9.17) is 21.4 Å². The van der Waals surface area contributed by atoms with Gasteiger partial charge in [-0.1, -0.05) is 61.2 Å². The van der Waals surface area contributed by atoms with Gasteiger partial charge in [0.1, 0.15) is 5.75 Å². The third-order valence-corrected chi connectivity index (χ3v) is 8.44. The highest BCUT2D eigenvalue weighted by atomic mass is 35.5. The molecule has 1 aromatic heterocycles. The highest BCUT2D eigenvalue weighted by Gasteiger charge is 2.36. The molecule has 0 radical (unpaired) electrons. The van der Waals surface area contributed by atoms with Crippen molar-refractivity contribution in [3.8, 4) is 5.75 Å². The van der Waals surface area contributed by atoms with Crippen molar-refractivity contribution in [3.05, 3.63) is 106 Å². The maximum atomic E-state index is 13.8. The zero-order chi connectivity index (χ0) is 28.5. The van der Waals surface area contributed by atoms with Crippen molar-refractivity contribution in [1.82, 2.24) is 9.58 Å². The van der Waals surface area contributed by atoms with Crippen LogP contribution in [0.4, 0.5) is 0 Å². The number of nitrogens with zero attached hydrogens (tertiary/aromatic N) is 3. The number of hydrogen-bond donors (Lipinski definition) is 0. The van der Waals surface area contributed by atoms with Gasteiger partial charge in [0.15, 0.2) is 0 Å². The summed E-state index contributed by atoms with van der Waals surface area (Å²) in [5.41, 5.74) is 5.34. The number of hydrogen-bond acceptors (Lipinski definition) is 4. The van der Waals surface area contributed by atoms with Crippen LogP contribution in [-0.4, -0.2) is 40.3 Å². The molecule has 0 bridgehead atoms. The number of carbonyl (C=O) groups excluding carboxylic acids is 2. The Hall–Kier alpha value is -4.16. The van der Waals surface area contributed by atoms with Crippen molar-refractivity contribution in [3.63, 3.8) is 0 Å². The first-order valence-electron chi connectivity index (χ1n) is 14.1. The minimum atomic E-state index is -0.145. The molecule has 7 heteroatoms. The fourth-order valence-corrected chi connectivity index (χ4v) is 6.13. The van der Waals surface area contributed by atoms with Gasteiger partial charge in [-0.05, 0) is 79.4 Å². The first kappa shape index (κ1) is 27.0. The van der Waals surface area contributed by atoms with Crippen LogP contribution in [0.5, 0.6) is 5.75 Å². The average molecular weight is 566 g/mol. The van der Waals surface area contributed by atoms with E-state index < -0.39 is 0 Å². The van der Waals surface area contributed by atoms with Crippen LogP contribution in [0.25, 0.3) is 17.0 Å². The van der Waals surface area contributed by atoms with E-state index in [1.54, 1.807) is 41.0 Å². The number of hydrazone groups is 1. The second-order valence-corrected chi connectivity index (χ2v) is 11.2. The minimum absolute atomic E-state index is 0.0491. The third-order valence-electron chi connectivity index (χ3n) is 8.19. The number of aromatic nitrogens is 1. The van der Waals surface area contributed by atoms with E-state index in [0.29, 0.717) is 34.0 Å². The fourth-order valence-electron chi connectivity index (χ4n) is 6.00. The SMILES string of the molecule is COc1ccc2c(c1)c(CC1=NN(C3CCCCC3)C(=O)C1=Cc1ccccc1)c(C)n2C(=O)c1ccc(Cl)cc1. The Balaban J connectivity index is 1.47. The van der Waals surface area contributed by atoms with Gasteiger partial charge < -0.3 is 4.74 Å². The summed E-state index contributed by atoms with van der Waals surface area (Å²) in [4.78, 5) is 27.6. The van der Waals surface area contributed by atoms with Gasteiger partial charge in [-0.15, -0.1) is 0 Å². The number of carbonyl (C=O) groups is 2. The van der Waals surface area contributed by atoms with Crippen LogP contribution in [0.15, 0.2) is 83.5 Å². The Morgan fingerprint density at radius 3 is 2.46 bits per heavy atom. The Morgan fingerprint density at radius 1 is 1.02 bits per heavy atom. The van der Waals surface area contributed by atoms with Gasteiger partial charge in [-0.3, -0.25) is 14.2 Å². The number of amides is 1. The summed E-state index contributed by atoms with van der Waals surface area (Å²) in [7, 11) is 1.63. The van der Waals surface area contributed by atoms with Crippen molar-refractivity contribution in [2.24, 2.45) is 5.10 Å². The zero-order valence-electron chi connectivity index (χ0n) is 23.3. The molecule has 6 rings (SSSR count). The molecule has 0 N–H and O–H groups in total. The molecule has 6 nitrogen and oxygen atoms in total. The Kier molecular flexibility index (Phi) is 7.50. The number of halogens is 1. The quantitative estimate of drug-likeness (QED) is 0.228. The predicted octanol–water partition coefficient (Wildman–Crippen LogP) is 7.46. The molecule has 1 aliphatic heterocycles. The lowest BCUT2D eigenvalue weighted by Crippen LogP contribution is -2.35. The molecule has 208 valence electrons. The molecule has 1 fully saturated rings. The summed E-state index contributed by atoms with van der Waals surface area (Å²) in [6.45, 7) is 1.95. The normalized spacial score (nSPS) is 17.0. The molecular formula is C34H32ClN3O3. The summed E-state index contributed by atoms with van der Waals surface area (Å²) in [6.07, 6.45) is 7.69. The molecular weight excluding hydrogens is 534 g/mol. The summed E-state index contributed by atoms with van der Waals surface area (Å²) >= 11 is 6.09. The fraction of sp³-hybridized carbons (Fsp3) is 0.265. The van der Waals surface area contributed by atoms with Crippen LogP contribution >= 0.6 is 11.6 Å². The van der Waals surface area contributed by atoms with Gasteiger partial charge in [0.25, 0.3) is 11.8 Å². The second kappa shape index (κ2) is 11.4. The van der Waals surface area contributed by atoms with Gasteiger partial charge in [-0.25, -0.2) is 5.01 Å². The third kappa shape index (κ3) is 5.20. The van der Waals surface area contributed by atoms with Gasteiger partial charge in [0.05, 0.1) is 30.0 Å². The topological polar surface area (TPSA) is 63.9 Å². The van der Waals surface area contributed by atoms with E-state index in [-0.39, 0.29) is 17.9 Å². The van der Waals surface area contributed by atoms with Crippen molar-refractivity contribution in [1.29, 1.82) is 0 Å². The first-order valence-corrected chi connectivity index (χ1v) is 14.5. The van der Waals surface area contributed by atoms with Crippen molar-refractivity contribution < 1.29 is 14.3 Å². The largest absolute Gasteiger partial charge is 0.497 e. The number of benzene rings is 3. The Labute approximate surface area is 244 Å². The summed E-state index contributed by atoms with van der Waals surface area (Å²) < 4.78 is 7.30. The van der Waals surface area contributed by atoms with Crippen molar-refractivity contribution in [2.75, 3.05) is 7.11 Å². The molecule has 3 aromatic carbocycles. The predicted molar refractivity (Wildman–Crippen MR) is 164 cm³/mol. The van der Waals surface area contributed by atoms with Gasteiger partial charge in [-0.2, -0.15) is 5.10 Å². The van der Waals surface area contributed by atoms with Crippen LogP contribution in [0.1, 0.15) is 59.3 Å². The Morgan fingerprint density at radius 2 is 1.76 bits per heavy atom. The lowest BCUT2D eigenvalue weighted by molar-refractivity contribution is -0.128. The van der Waals surface area contributed by atoms with Gasteiger partial charge in [0.2, 0.25) is 0 Å². The Bertz CT molecular complexity index is 1680. The molecule has 0 saturated heterocycles. The highest BCUT2D eigenvalue weighted by molar-refractivity contribution is 6.30. The number of methoxy groups -OCH3 is 1. The van der Waals surface area contributed by atoms with Crippen LogP contribution in [0.2, 0.25) is 5.02 Å². The van der Waals surface area contributed by atoms with Gasteiger partial charge >= 0.3 is 0 Å². The lowest BCUT2D eigenvalue weighted by Gasteiger charge is -2.27. The summed E-state index contributed by atoms with van der Waals surface area (Å²) in [6, 6.07) is 22.6. The monoisotopic (exact) mass is 565 g/mol. The molecule has 4 aromatic rings. The molecule has 1 amide bonds. The van der Waals surface area contributed by atoms with Crippen LogP contribution in [0.3, 0.4) is 0 Å². The smallest absolute Gasteiger partial charge is 0.276 e. The second-order valence-electron chi connectivity index (χ2n) is 10.7. The summed E-state index contributed by atoms with van der Waals surface area (Å²) in [5.74, 6) is 0.504. The van der Waals surface area contributed by atoms with Crippen molar-refractivity contribution >= 4 is 46.1 Å². The lowest BCUT2D eigenvalue weighted by atomic mass is 9.94. The molecule has 1 aliphatic carbocycles. The van der Waals surface area contributed by atoms with E-state index in [1.807, 2.05) is 61.5 Å². The maximum absolute atomic E-state index is 13.8. The van der Waals surface area contributed by atoms with E-state index in [1.165, 1.54) is 6.42 Å². The van der Waals surface area contributed by atoms with Crippen LogP contribution in [-0.2, 0) is 11.2 Å².